The van der Waals surface area contributed by atoms with E-state index in [1.165, 1.54) is 18.7 Å². The fraction of sp³-hybridized carbons (Fsp3) is 0.577. The number of hydrogen-bond acceptors (Lipinski definition) is 5. The van der Waals surface area contributed by atoms with Crippen molar-refractivity contribution in [2.45, 2.75) is 77.2 Å². The molecule has 3 N–H and O–H groups in total. The van der Waals surface area contributed by atoms with Crippen LogP contribution in [-0.2, 0) is 24.6 Å². The average molecular weight is 536 g/mol. The van der Waals surface area contributed by atoms with Crippen molar-refractivity contribution in [2.75, 3.05) is 11.9 Å². The molecule has 0 saturated carbocycles. The van der Waals surface area contributed by atoms with Crippen molar-refractivity contribution >= 4 is 29.3 Å². The van der Waals surface area contributed by atoms with Gasteiger partial charge in [0.15, 0.2) is 0 Å². The number of nitrogens with zero attached hydrogens (tertiary/aromatic N) is 2. The number of anilines is 1. The minimum Gasteiger partial charge on any atom is -0.342 e. The van der Waals surface area contributed by atoms with Gasteiger partial charge in [-0.2, -0.15) is 18.4 Å². The zero-order valence-corrected chi connectivity index (χ0v) is 21.9. The summed E-state index contributed by atoms with van der Waals surface area (Å²) in [6.45, 7) is 8.29. The van der Waals surface area contributed by atoms with E-state index in [2.05, 4.69) is 16.7 Å². The standard InChI is InChI=1S/C26H32F3N5O4/c1-14(2)19(33-23(38)26(27,28)29)20(35)31-18(11-24(3,4)5)21(36)34-13-25(10-15(34)12-30)16-8-6-7-9-17(16)32-22(25)37/h6-9,14-15,18-19H,10-11,13H2,1-5H3,(H,31,35)(H,32,37)(H,33,38)/t15-,18-,19+,25-/m0/s1. The first kappa shape index (κ1) is 28.9. The normalized spacial score (nSPS) is 22.5. The topological polar surface area (TPSA) is 131 Å². The maximum atomic E-state index is 13.8. The summed E-state index contributed by atoms with van der Waals surface area (Å²) in [6.07, 6.45) is -5.03. The maximum absolute atomic E-state index is 13.8. The van der Waals surface area contributed by atoms with E-state index in [0.29, 0.717) is 11.3 Å². The molecule has 4 atom stereocenters. The van der Waals surface area contributed by atoms with Crippen LogP contribution < -0.4 is 16.0 Å². The molecule has 1 aromatic rings. The lowest BCUT2D eigenvalue weighted by Gasteiger charge is -2.32. The smallest absolute Gasteiger partial charge is 0.342 e. The van der Waals surface area contributed by atoms with Crippen molar-refractivity contribution in [2.24, 2.45) is 11.3 Å². The van der Waals surface area contributed by atoms with Gasteiger partial charge in [0.05, 0.1) is 11.5 Å². The molecule has 2 aliphatic rings. The molecule has 0 aromatic heterocycles. The molecule has 0 aliphatic carbocycles. The molecular weight excluding hydrogens is 503 g/mol. The molecule has 9 nitrogen and oxygen atoms in total. The highest BCUT2D eigenvalue weighted by Gasteiger charge is 2.56. The van der Waals surface area contributed by atoms with Crippen LogP contribution in [0.15, 0.2) is 24.3 Å². The highest BCUT2D eigenvalue weighted by molar-refractivity contribution is 6.07. The van der Waals surface area contributed by atoms with Crippen LogP contribution in [0, 0.1) is 22.7 Å². The molecule has 206 valence electrons. The molecule has 0 radical (unpaired) electrons. The van der Waals surface area contributed by atoms with Gasteiger partial charge in [-0.3, -0.25) is 19.2 Å². The highest BCUT2D eigenvalue weighted by Crippen LogP contribution is 2.46. The molecule has 0 bridgehead atoms. The molecule has 1 saturated heterocycles. The molecule has 4 amide bonds. The molecule has 3 rings (SSSR count). The number of alkyl halides is 3. The van der Waals surface area contributed by atoms with Gasteiger partial charge in [0.2, 0.25) is 17.7 Å². The first-order valence-corrected chi connectivity index (χ1v) is 12.3. The van der Waals surface area contributed by atoms with Crippen molar-refractivity contribution in [1.82, 2.24) is 15.5 Å². The molecule has 0 unspecified atom stereocenters. The Kier molecular flexibility index (Phi) is 7.82. The van der Waals surface area contributed by atoms with E-state index >= 15 is 0 Å². The summed E-state index contributed by atoms with van der Waals surface area (Å²) < 4.78 is 38.6. The Hall–Kier alpha value is -3.62. The summed E-state index contributed by atoms with van der Waals surface area (Å²) >= 11 is 0. The number of rotatable bonds is 6. The van der Waals surface area contributed by atoms with Crippen molar-refractivity contribution in [1.29, 1.82) is 5.26 Å². The van der Waals surface area contributed by atoms with Crippen LogP contribution in [0.2, 0.25) is 0 Å². The van der Waals surface area contributed by atoms with Gasteiger partial charge in [-0.05, 0) is 29.4 Å². The van der Waals surface area contributed by atoms with E-state index in [1.807, 2.05) is 20.8 Å². The third-order valence-electron chi connectivity index (χ3n) is 6.84. The third-order valence-corrected chi connectivity index (χ3v) is 6.84. The molecule has 1 aromatic carbocycles. The number of benzene rings is 1. The van der Waals surface area contributed by atoms with Gasteiger partial charge >= 0.3 is 12.1 Å². The Balaban J connectivity index is 1.90. The average Bonchev–Trinajstić information content (AvgIpc) is 3.32. The van der Waals surface area contributed by atoms with Crippen LogP contribution in [0.4, 0.5) is 18.9 Å². The highest BCUT2D eigenvalue weighted by atomic mass is 19.4. The van der Waals surface area contributed by atoms with Crippen LogP contribution in [0.5, 0.6) is 0 Å². The molecular formula is C26H32F3N5O4. The lowest BCUT2D eigenvalue weighted by Crippen LogP contribution is -2.58. The predicted molar refractivity (Wildman–Crippen MR) is 131 cm³/mol. The van der Waals surface area contributed by atoms with E-state index in [-0.39, 0.29) is 25.3 Å². The van der Waals surface area contributed by atoms with Gasteiger partial charge in [0.1, 0.15) is 18.1 Å². The lowest BCUT2D eigenvalue weighted by molar-refractivity contribution is -0.175. The molecule has 38 heavy (non-hydrogen) atoms. The van der Waals surface area contributed by atoms with Crippen LogP contribution in [0.1, 0.15) is 53.0 Å². The minimum atomic E-state index is -5.18. The van der Waals surface area contributed by atoms with Gasteiger partial charge in [-0.15, -0.1) is 0 Å². The zero-order chi connectivity index (χ0) is 28.6. The summed E-state index contributed by atoms with van der Waals surface area (Å²) in [5.41, 5.74) is -0.369. The van der Waals surface area contributed by atoms with Gasteiger partial charge in [-0.1, -0.05) is 52.8 Å². The van der Waals surface area contributed by atoms with Gasteiger partial charge in [0.25, 0.3) is 0 Å². The molecule has 2 aliphatic heterocycles. The second-order valence-corrected chi connectivity index (χ2v) is 11.4. The van der Waals surface area contributed by atoms with E-state index in [9.17, 15) is 37.6 Å². The van der Waals surface area contributed by atoms with Crippen molar-refractivity contribution < 1.29 is 32.3 Å². The van der Waals surface area contributed by atoms with Gasteiger partial charge in [0, 0.05) is 18.7 Å². The van der Waals surface area contributed by atoms with E-state index in [1.54, 1.807) is 29.6 Å². The second-order valence-electron chi connectivity index (χ2n) is 11.4. The van der Waals surface area contributed by atoms with E-state index in [4.69, 9.17) is 0 Å². The van der Waals surface area contributed by atoms with Crippen molar-refractivity contribution in [3.05, 3.63) is 29.8 Å². The Bertz CT molecular complexity index is 1170. The number of hydrogen-bond donors (Lipinski definition) is 3. The quantitative estimate of drug-likeness (QED) is 0.516. The first-order chi connectivity index (χ1) is 17.5. The third kappa shape index (κ3) is 5.76. The van der Waals surface area contributed by atoms with E-state index < -0.39 is 58.8 Å². The lowest BCUT2D eigenvalue weighted by atomic mass is 9.80. The number of nitriles is 1. The van der Waals surface area contributed by atoms with Crippen molar-refractivity contribution in [3.63, 3.8) is 0 Å². The minimum absolute atomic E-state index is 0.0600. The van der Waals surface area contributed by atoms with E-state index in [0.717, 1.165) is 0 Å². The van der Waals surface area contributed by atoms with Gasteiger partial charge < -0.3 is 20.9 Å². The Labute approximate surface area is 219 Å². The van der Waals surface area contributed by atoms with Crippen LogP contribution in [0.25, 0.3) is 0 Å². The summed E-state index contributed by atoms with van der Waals surface area (Å²) in [7, 11) is 0. The van der Waals surface area contributed by atoms with Crippen LogP contribution >= 0.6 is 0 Å². The first-order valence-electron chi connectivity index (χ1n) is 12.3. The summed E-state index contributed by atoms with van der Waals surface area (Å²) in [4.78, 5) is 52.8. The van der Waals surface area contributed by atoms with Crippen LogP contribution in [-0.4, -0.2) is 59.4 Å². The number of carbonyl (C=O) groups excluding carboxylic acids is 4. The SMILES string of the molecule is CC(C)[C@@H](NC(=O)C(F)(F)F)C(=O)N[C@@H](CC(C)(C)C)C(=O)N1C[C@]2(C[C@H]1C#N)C(=O)Nc1ccccc12. The zero-order valence-electron chi connectivity index (χ0n) is 21.9. The second kappa shape index (κ2) is 10.3. The molecule has 12 heteroatoms. The predicted octanol–water partition coefficient (Wildman–Crippen LogP) is 2.63. The fourth-order valence-corrected chi connectivity index (χ4v) is 5.02. The molecule has 1 spiro atoms. The Morgan fingerprint density at radius 1 is 1.18 bits per heavy atom. The fourth-order valence-electron chi connectivity index (χ4n) is 5.02. The monoisotopic (exact) mass is 535 g/mol. The largest absolute Gasteiger partial charge is 0.471 e. The number of para-hydroxylation sites is 1. The molecule has 1 fully saturated rings. The number of halogens is 3. The number of fused-ring (bicyclic) bond motifs is 2. The molecule has 2 heterocycles. The number of nitrogens with one attached hydrogen (secondary N) is 3. The summed E-state index contributed by atoms with van der Waals surface area (Å²) in [6, 6.07) is 5.37. The Morgan fingerprint density at radius 2 is 1.82 bits per heavy atom. The number of likely N-dealkylation sites (tertiary alicyclic amines) is 1. The number of amides is 4. The van der Waals surface area contributed by atoms with Crippen molar-refractivity contribution in [3.8, 4) is 6.07 Å². The Morgan fingerprint density at radius 3 is 2.37 bits per heavy atom. The summed E-state index contributed by atoms with van der Waals surface area (Å²) in [5, 5.41) is 16.9. The number of carbonyl (C=O) groups is 4. The maximum Gasteiger partial charge on any atom is 0.471 e. The summed E-state index contributed by atoms with van der Waals surface area (Å²) in [5.74, 6) is -4.89. The van der Waals surface area contributed by atoms with Gasteiger partial charge in [-0.25, -0.2) is 0 Å². The van der Waals surface area contributed by atoms with Crippen LogP contribution in [0.3, 0.4) is 0 Å².